The number of carbonyl (C=O) groups is 1. The maximum atomic E-state index is 10.9. The summed E-state index contributed by atoms with van der Waals surface area (Å²) in [5.74, 6) is -0.807. The molecule has 0 aliphatic carbocycles. The first kappa shape index (κ1) is 9.79. The average molecular weight is 245 g/mol. The molecule has 0 saturated carbocycles. The van der Waals surface area contributed by atoms with Crippen LogP contribution in [0.2, 0.25) is 0 Å². The first-order valence-corrected chi connectivity index (χ1v) is 4.10. The molecule has 6 heteroatoms. The van der Waals surface area contributed by atoms with E-state index in [1.54, 1.807) is 13.0 Å². The van der Waals surface area contributed by atoms with Crippen LogP contribution in [0, 0.1) is 11.8 Å². The van der Waals surface area contributed by atoms with E-state index in [-0.39, 0.29) is 5.56 Å². The van der Waals surface area contributed by atoms with E-state index in [1.807, 2.05) is 5.34 Å². The molecule has 0 saturated heterocycles. The van der Waals surface area contributed by atoms with Crippen molar-refractivity contribution in [3.05, 3.63) is 32.9 Å². The summed E-state index contributed by atoms with van der Waals surface area (Å²) in [6.07, 6.45) is 1.30. The molecule has 0 aromatic carbocycles. The van der Waals surface area contributed by atoms with Crippen LogP contribution in [-0.4, -0.2) is 11.0 Å². The van der Waals surface area contributed by atoms with E-state index < -0.39 is 5.97 Å². The van der Waals surface area contributed by atoms with Gasteiger partial charge in [-0.2, -0.15) is 0 Å². The predicted octanol–water partition coefficient (Wildman–Crippen LogP) is 1.99. The van der Waals surface area contributed by atoms with Gasteiger partial charge in [0.2, 0.25) is 0 Å². The molecule has 0 atom stereocenters. The maximum Gasteiger partial charge on any atom is 0.370 e. The van der Waals surface area contributed by atoms with Gasteiger partial charge in [-0.25, -0.2) is 9.78 Å². The van der Waals surface area contributed by atoms with Crippen molar-refractivity contribution >= 4 is 21.9 Å². The van der Waals surface area contributed by atoms with Crippen molar-refractivity contribution in [1.82, 2.24) is 4.98 Å². The van der Waals surface area contributed by atoms with Crippen LogP contribution in [-0.2, 0) is 4.84 Å². The molecule has 1 heterocycles. The van der Waals surface area contributed by atoms with Crippen molar-refractivity contribution in [1.29, 1.82) is 0 Å². The normalized spacial score (nSPS) is 9.38. The monoisotopic (exact) mass is 244 g/mol. The Hall–Kier alpha value is -1.30. The Kier molecular flexibility index (Phi) is 3.07. The second-order valence-electron chi connectivity index (χ2n) is 2.28. The van der Waals surface area contributed by atoms with Crippen LogP contribution in [0.15, 0.2) is 22.2 Å². The molecule has 0 spiro atoms. The average Bonchev–Trinajstić information content (AvgIpc) is 2.10. The van der Waals surface area contributed by atoms with E-state index in [0.29, 0.717) is 4.60 Å². The highest BCUT2D eigenvalue weighted by Gasteiger charge is 2.09. The van der Waals surface area contributed by atoms with Gasteiger partial charge in [0.1, 0.15) is 4.60 Å². The number of aryl methyl sites for hydroxylation is 1. The quantitative estimate of drug-likeness (QED) is 0.454. The second kappa shape index (κ2) is 4.08. The molecule has 0 bridgehead atoms. The Morgan fingerprint density at radius 1 is 1.69 bits per heavy atom. The number of halogens is 1. The van der Waals surface area contributed by atoms with Crippen LogP contribution in [0.4, 0.5) is 0 Å². The van der Waals surface area contributed by atoms with Gasteiger partial charge in [0, 0.05) is 6.20 Å². The third kappa shape index (κ3) is 2.32. The summed E-state index contributed by atoms with van der Waals surface area (Å²) in [6, 6.07) is 1.55. The molecule has 68 valence electrons. The van der Waals surface area contributed by atoms with E-state index in [1.165, 1.54) is 6.20 Å². The molecular formula is C7H5BrN2O3. The van der Waals surface area contributed by atoms with Crippen molar-refractivity contribution in [2.75, 3.05) is 0 Å². The summed E-state index contributed by atoms with van der Waals surface area (Å²) in [5, 5.41) is 2.03. The third-order valence-electron chi connectivity index (χ3n) is 1.37. The molecule has 0 aliphatic heterocycles. The van der Waals surface area contributed by atoms with Crippen LogP contribution in [0.5, 0.6) is 0 Å². The van der Waals surface area contributed by atoms with Crippen molar-refractivity contribution in [3.8, 4) is 0 Å². The lowest BCUT2D eigenvalue weighted by Gasteiger charge is -1.98. The SMILES string of the molecule is Cc1cc(C(=O)ON=O)cnc1Br. The summed E-state index contributed by atoms with van der Waals surface area (Å²) in [5.41, 5.74) is 0.973. The van der Waals surface area contributed by atoms with Crippen LogP contribution < -0.4 is 0 Å². The van der Waals surface area contributed by atoms with Gasteiger partial charge in [-0.1, -0.05) is 0 Å². The van der Waals surface area contributed by atoms with Gasteiger partial charge in [-0.3, -0.25) is 4.84 Å². The van der Waals surface area contributed by atoms with Crippen LogP contribution in [0.1, 0.15) is 15.9 Å². The summed E-state index contributed by atoms with van der Waals surface area (Å²) in [4.78, 5) is 28.3. The number of nitrogens with zero attached hydrogens (tertiary/aromatic N) is 2. The molecular weight excluding hydrogens is 240 g/mol. The number of aromatic nitrogens is 1. The fourth-order valence-electron chi connectivity index (χ4n) is 0.756. The van der Waals surface area contributed by atoms with Gasteiger partial charge in [0.15, 0.2) is 5.34 Å². The third-order valence-corrected chi connectivity index (χ3v) is 2.20. The molecule has 5 nitrogen and oxygen atoms in total. The summed E-state index contributed by atoms with van der Waals surface area (Å²) >= 11 is 3.17. The molecule has 0 amide bonds. The van der Waals surface area contributed by atoms with Gasteiger partial charge in [-0.15, -0.1) is 4.91 Å². The summed E-state index contributed by atoms with van der Waals surface area (Å²) < 4.78 is 0.642. The first-order valence-electron chi connectivity index (χ1n) is 3.31. The topological polar surface area (TPSA) is 68.6 Å². The van der Waals surface area contributed by atoms with E-state index in [2.05, 4.69) is 25.8 Å². The zero-order valence-corrected chi connectivity index (χ0v) is 8.24. The fourth-order valence-corrected chi connectivity index (χ4v) is 0.973. The first-order chi connectivity index (χ1) is 6.15. The molecule has 1 rings (SSSR count). The van der Waals surface area contributed by atoms with Crippen LogP contribution in [0.3, 0.4) is 0 Å². The minimum atomic E-state index is -0.807. The molecule has 0 unspecified atom stereocenters. The zero-order valence-electron chi connectivity index (χ0n) is 6.65. The Morgan fingerprint density at radius 3 is 2.92 bits per heavy atom. The molecule has 1 aromatic rings. The van der Waals surface area contributed by atoms with Crippen molar-refractivity contribution < 1.29 is 9.63 Å². The molecule has 0 aliphatic rings. The standard InChI is InChI=1S/C7H5BrN2O3/c1-4-2-5(3-9-6(4)8)7(11)13-10-12/h2-3H,1H3. The second-order valence-corrected chi connectivity index (χ2v) is 3.04. The number of hydrogen-bond donors (Lipinski definition) is 0. The van der Waals surface area contributed by atoms with E-state index in [4.69, 9.17) is 0 Å². The van der Waals surface area contributed by atoms with Crippen molar-refractivity contribution in [2.24, 2.45) is 5.34 Å². The lowest BCUT2D eigenvalue weighted by atomic mass is 10.2. The minimum Gasteiger partial charge on any atom is -0.279 e. The van der Waals surface area contributed by atoms with E-state index >= 15 is 0 Å². The van der Waals surface area contributed by atoms with Crippen LogP contribution >= 0.6 is 15.9 Å². The zero-order chi connectivity index (χ0) is 9.84. The molecule has 0 fully saturated rings. The van der Waals surface area contributed by atoms with Gasteiger partial charge >= 0.3 is 5.97 Å². The maximum absolute atomic E-state index is 10.9. The van der Waals surface area contributed by atoms with Gasteiger partial charge in [-0.05, 0) is 34.5 Å². The smallest absolute Gasteiger partial charge is 0.279 e. The van der Waals surface area contributed by atoms with Crippen molar-refractivity contribution in [3.63, 3.8) is 0 Å². The van der Waals surface area contributed by atoms with Crippen molar-refractivity contribution in [2.45, 2.75) is 6.92 Å². The molecule has 1 aromatic heterocycles. The Labute approximate surface area is 82.2 Å². The van der Waals surface area contributed by atoms with Gasteiger partial charge in [0.05, 0.1) is 5.56 Å². The molecule has 0 N–H and O–H groups in total. The Bertz CT molecular complexity index is 354. The Morgan fingerprint density at radius 2 is 2.38 bits per heavy atom. The lowest BCUT2D eigenvalue weighted by molar-refractivity contribution is 0.0507. The molecule has 13 heavy (non-hydrogen) atoms. The van der Waals surface area contributed by atoms with E-state index in [0.717, 1.165) is 5.56 Å². The van der Waals surface area contributed by atoms with Gasteiger partial charge in [0.25, 0.3) is 0 Å². The Balaban J connectivity index is 2.96. The highest BCUT2D eigenvalue weighted by atomic mass is 79.9. The van der Waals surface area contributed by atoms with Crippen LogP contribution in [0.25, 0.3) is 0 Å². The summed E-state index contributed by atoms with van der Waals surface area (Å²) in [7, 11) is 0. The highest BCUT2D eigenvalue weighted by molar-refractivity contribution is 9.10. The number of hydrogen-bond acceptors (Lipinski definition) is 5. The number of pyridine rings is 1. The number of rotatable bonds is 2. The summed E-state index contributed by atoms with van der Waals surface area (Å²) in [6.45, 7) is 1.77. The minimum absolute atomic E-state index is 0.195. The largest absolute Gasteiger partial charge is 0.370 e. The molecule has 0 radical (unpaired) electrons. The van der Waals surface area contributed by atoms with E-state index in [9.17, 15) is 9.70 Å². The number of carbonyl (C=O) groups excluding carboxylic acids is 1. The lowest BCUT2D eigenvalue weighted by Crippen LogP contribution is -2.01. The van der Waals surface area contributed by atoms with Gasteiger partial charge < -0.3 is 0 Å². The fraction of sp³-hybridized carbons (Fsp3) is 0.143. The highest BCUT2D eigenvalue weighted by Crippen LogP contribution is 2.14. The predicted molar refractivity (Wildman–Crippen MR) is 47.9 cm³/mol.